The van der Waals surface area contributed by atoms with E-state index in [9.17, 15) is 18.7 Å². The van der Waals surface area contributed by atoms with Gasteiger partial charge >= 0.3 is 0 Å². The second-order valence-corrected chi connectivity index (χ2v) is 5.36. The Morgan fingerprint density at radius 2 is 1.96 bits per heavy atom. The van der Waals surface area contributed by atoms with Crippen LogP contribution in [0.5, 0.6) is 5.75 Å². The molecule has 1 amide bonds. The van der Waals surface area contributed by atoms with Crippen LogP contribution < -0.4 is 10.1 Å². The third kappa shape index (κ3) is 4.31. The summed E-state index contributed by atoms with van der Waals surface area (Å²) in [4.78, 5) is 12.2. The molecule has 126 valence electrons. The van der Waals surface area contributed by atoms with Gasteiger partial charge in [-0.3, -0.25) is 4.79 Å². The molecule has 0 aliphatic carbocycles. The molecular weight excluding hydrogens is 340 g/mol. The lowest BCUT2D eigenvalue weighted by atomic mass is 10.0. The molecule has 0 bridgehead atoms. The molecule has 0 aromatic heterocycles. The van der Waals surface area contributed by atoms with Gasteiger partial charge in [-0.15, -0.1) is 0 Å². The zero-order valence-electron chi connectivity index (χ0n) is 12.4. The largest absolute Gasteiger partial charge is 0.490 e. The Morgan fingerprint density at radius 3 is 2.54 bits per heavy atom. The molecule has 24 heavy (non-hydrogen) atoms. The minimum atomic E-state index is -2.06. The minimum absolute atomic E-state index is 0.0911. The molecule has 0 saturated heterocycles. The van der Waals surface area contributed by atoms with Crippen LogP contribution >= 0.6 is 11.6 Å². The van der Waals surface area contributed by atoms with Gasteiger partial charge in [0.15, 0.2) is 5.60 Å². The quantitative estimate of drug-likeness (QED) is 0.781. The maximum Gasteiger partial charge on any atom is 0.263 e. The molecule has 0 aliphatic rings. The van der Waals surface area contributed by atoms with Crippen LogP contribution in [-0.4, -0.2) is 23.2 Å². The highest BCUT2D eigenvalue weighted by atomic mass is 35.5. The summed E-state index contributed by atoms with van der Waals surface area (Å²) in [6, 6.07) is 8.74. The first-order chi connectivity index (χ1) is 11.3. The summed E-state index contributed by atoms with van der Waals surface area (Å²) in [5, 5.41) is 12.6. The summed E-state index contributed by atoms with van der Waals surface area (Å²) in [7, 11) is 0. The van der Waals surface area contributed by atoms with Crippen LogP contribution in [0.15, 0.2) is 55.1 Å². The summed E-state index contributed by atoms with van der Waals surface area (Å²) in [5.41, 5.74) is -1.95. The van der Waals surface area contributed by atoms with E-state index >= 15 is 0 Å². The van der Waals surface area contributed by atoms with Crippen molar-refractivity contribution in [3.05, 3.63) is 71.8 Å². The van der Waals surface area contributed by atoms with Crippen molar-refractivity contribution >= 4 is 23.2 Å². The molecule has 0 unspecified atom stereocenters. The first-order valence-electron chi connectivity index (χ1n) is 6.85. The molecule has 0 fully saturated rings. The Morgan fingerprint density at radius 1 is 1.29 bits per heavy atom. The van der Waals surface area contributed by atoms with Crippen LogP contribution in [0.3, 0.4) is 0 Å². The summed E-state index contributed by atoms with van der Waals surface area (Å²) >= 11 is 5.56. The Hall–Kier alpha value is -2.44. The van der Waals surface area contributed by atoms with E-state index in [0.29, 0.717) is 0 Å². The van der Waals surface area contributed by atoms with Gasteiger partial charge in [-0.1, -0.05) is 18.2 Å². The van der Waals surface area contributed by atoms with E-state index < -0.39 is 29.7 Å². The maximum atomic E-state index is 13.4. The number of anilines is 1. The van der Waals surface area contributed by atoms with E-state index in [1.165, 1.54) is 36.4 Å². The summed E-state index contributed by atoms with van der Waals surface area (Å²) < 4.78 is 31.5. The highest BCUT2D eigenvalue weighted by Gasteiger charge is 2.34. The Bertz CT molecular complexity index is 752. The van der Waals surface area contributed by atoms with Crippen LogP contribution in [0.4, 0.5) is 14.5 Å². The fourth-order valence-electron chi connectivity index (χ4n) is 1.75. The van der Waals surface area contributed by atoms with Crippen molar-refractivity contribution in [1.29, 1.82) is 0 Å². The van der Waals surface area contributed by atoms with Gasteiger partial charge in [-0.25, -0.2) is 8.78 Å². The molecule has 2 rings (SSSR count). The zero-order valence-corrected chi connectivity index (χ0v) is 13.2. The van der Waals surface area contributed by atoms with Crippen molar-refractivity contribution in [2.24, 2.45) is 0 Å². The van der Waals surface area contributed by atoms with Crippen molar-refractivity contribution in [3.63, 3.8) is 0 Å². The van der Waals surface area contributed by atoms with E-state index in [1.807, 2.05) is 0 Å². The predicted octanol–water partition coefficient (Wildman–Crippen LogP) is 3.55. The molecule has 0 heterocycles. The fraction of sp³-hybridized carbons (Fsp3) is 0.118. The number of carbonyl (C=O) groups excluding carboxylic acids is 1. The zero-order chi connectivity index (χ0) is 17.7. The minimum Gasteiger partial charge on any atom is -0.490 e. The number of carbonyl (C=O) groups is 1. The number of benzene rings is 2. The first-order valence-corrected chi connectivity index (χ1v) is 7.23. The van der Waals surface area contributed by atoms with Gasteiger partial charge in [-0.05, 0) is 48.5 Å². The molecule has 0 spiro atoms. The van der Waals surface area contributed by atoms with Crippen molar-refractivity contribution in [1.82, 2.24) is 0 Å². The number of nitrogens with one attached hydrogen (secondary N) is 1. The molecule has 2 aromatic rings. The molecule has 0 saturated carbocycles. The SMILES string of the molecule is C=C[C@](O)(COc1ccc(F)cc1)C(=O)Nc1ccc(Cl)c(F)c1. The molecular formula is C17H14ClF2NO3. The maximum absolute atomic E-state index is 13.4. The highest BCUT2D eigenvalue weighted by Crippen LogP contribution is 2.21. The summed E-state index contributed by atoms with van der Waals surface area (Å²) in [6.45, 7) is 2.95. The molecule has 4 nitrogen and oxygen atoms in total. The molecule has 0 radical (unpaired) electrons. The van der Waals surface area contributed by atoms with Gasteiger partial charge in [0, 0.05) is 5.69 Å². The van der Waals surface area contributed by atoms with Crippen LogP contribution in [0.2, 0.25) is 5.02 Å². The summed E-state index contributed by atoms with van der Waals surface area (Å²) in [6.07, 6.45) is 0.998. The molecule has 2 N–H and O–H groups in total. The van der Waals surface area contributed by atoms with Crippen molar-refractivity contribution < 1.29 is 23.4 Å². The van der Waals surface area contributed by atoms with Crippen LogP contribution in [0.1, 0.15) is 0 Å². The van der Waals surface area contributed by atoms with Crippen molar-refractivity contribution in [3.8, 4) is 5.75 Å². The number of ether oxygens (including phenoxy) is 1. The second-order valence-electron chi connectivity index (χ2n) is 4.95. The van der Waals surface area contributed by atoms with Gasteiger partial charge in [-0.2, -0.15) is 0 Å². The lowest BCUT2D eigenvalue weighted by molar-refractivity contribution is -0.132. The first kappa shape index (κ1) is 17.9. The number of rotatable bonds is 6. The average Bonchev–Trinajstić information content (AvgIpc) is 2.57. The van der Waals surface area contributed by atoms with E-state index in [0.717, 1.165) is 12.1 Å². The van der Waals surface area contributed by atoms with Gasteiger partial charge < -0.3 is 15.2 Å². The smallest absolute Gasteiger partial charge is 0.263 e. The number of aliphatic hydroxyl groups is 1. The third-order valence-corrected chi connectivity index (χ3v) is 3.49. The van der Waals surface area contributed by atoms with E-state index in [-0.39, 0.29) is 16.5 Å². The van der Waals surface area contributed by atoms with E-state index in [4.69, 9.17) is 16.3 Å². The molecule has 7 heteroatoms. The van der Waals surface area contributed by atoms with Crippen molar-refractivity contribution in [2.75, 3.05) is 11.9 Å². The molecule has 0 aliphatic heterocycles. The molecule has 1 atom stereocenters. The lowest BCUT2D eigenvalue weighted by Crippen LogP contribution is -2.46. The number of hydrogen-bond acceptors (Lipinski definition) is 3. The van der Waals surface area contributed by atoms with E-state index in [1.54, 1.807) is 0 Å². The second kappa shape index (κ2) is 7.42. The standard InChI is InChI=1S/C17H14ClF2NO3/c1-2-17(23,10-24-13-6-3-11(19)4-7-13)16(22)21-12-5-8-14(18)15(20)9-12/h2-9,23H,1,10H2,(H,21,22)/t17-/m0/s1. The van der Waals surface area contributed by atoms with Crippen LogP contribution in [0.25, 0.3) is 0 Å². The Labute approximate surface area is 142 Å². The number of hydrogen-bond donors (Lipinski definition) is 2. The van der Waals surface area contributed by atoms with Gasteiger partial charge in [0.2, 0.25) is 0 Å². The molecule has 2 aromatic carbocycles. The third-order valence-electron chi connectivity index (χ3n) is 3.18. The topological polar surface area (TPSA) is 58.6 Å². The Kier molecular flexibility index (Phi) is 5.54. The number of amides is 1. The normalized spacial score (nSPS) is 13.0. The number of halogens is 3. The highest BCUT2D eigenvalue weighted by molar-refractivity contribution is 6.30. The Balaban J connectivity index is 2.06. The average molecular weight is 354 g/mol. The van der Waals surface area contributed by atoms with Gasteiger partial charge in [0.05, 0.1) is 5.02 Å². The van der Waals surface area contributed by atoms with Crippen LogP contribution in [0, 0.1) is 11.6 Å². The van der Waals surface area contributed by atoms with Crippen molar-refractivity contribution in [2.45, 2.75) is 5.60 Å². The van der Waals surface area contributed by atoms with Gasteiger partial charge in [0.1, 0.15) is 24.0 Å². The summed E-state index contributed by atoms with van der Waals surface area (Å²) in [5.74, 6) is -1.74. The fourth-order valence-corrected chi connectivity index (χ4v) is 1.87. The lowest BCUT2D eigenvalue weighted by Gasteiger charge is -2.23. The monoisotopic (exact) mass is 353 g/mol. The van der Waals surface area contributed by atoms with Gasteiger partial charge in [0.25, 0.3) is 5.91 Å². The van der Waals surface area contributed by atoms with Crippen LogP contribution in [-0.2, 0) is 4.79 Å². The predicted molar refractivity (Wildman–Crippen MR) is 87.1 cm³/mol. The van der Waals surface area contributed by atoms with E-state index in [2.05, 4.69) is 11.9 Å².